The summed E-state index contributed by atoms with van der Waals surface area (Å²) in [5.41, 5.74) is 0. The molecule has 2 saturated heterocycles. The Bertz CT molecular complexity index is 499. The van der Waals surface area contributed by atoms with Crippen LogP contribution in [0.2, 0.25) is 0 Å². The van der Waals surface area contributed by atoms with Crippen LogP contribution in [0.1, 0.15) is 29.7 Å². The van der Waals surface area contributed by atoms with E-state index in [9.17, 15) is 4.79 Å². The topological polar surface area (TPSA) is 45.9 Å². The predicted molar refractivity (Wildman–Crippen MR) is 86.9 cm³/mol. The van der Waals surface area contributed by atoms with E-state index in [1.807, 2.05) is 24.0 Å². The summed E-state index contributed by atoms with van der Waals surface area (Å²) in [5.74, 6) is 2.94. The van der Waals surface area contributed by atoms with E-state index in [1.54, 1.807) is 11.8 Å². The molecule has 0 bridgehead atoms. The van der Waals surface area contributed by atoms with Crippen molar-refractivity contribution in [3.05, 3.63) is 23.7 Å². The summed E-state index contributed by atoms with van der Waals surface area (Å²) in [7, 11) is 0. The molecule has 0 aliphatic carbocycles. The van der Waals surface area contributed by atoms with Gasteiger partial charge in [0.25, 0.3) is 0 Å². The lowest BCUT2D eigenvalue weighted by Crippen LogP contribution is -2.41. The number of furan rings is 1. The summed E-state index contributed by atoms with van der Waals surface area (Å²) >= 11 is 1.81. The Balaban J connectivity index is 1.57. The third-order valence-corrected chi connectivity index (χ3v) is 5.42. The fraction of sp³-hybridized carbons (Fsp3) is 0.688. The van der Waals surface area contributed by atoms with Gasteiger partial charge in [-0.1, -0.05) is 0 Å². The van der Waals surface area contributed by atoms with Crippen LogP contribution < -0.4 is 0 Å². The van der Waals surface area contributed by atoms with Gasteiger partial charge in [-0.3, -0.25) is 9.69 Å². The fourth-order valence-electron chi connectivity index (χ4n) is 2.98. The lowest BCUT2D eigenvalue weighted by Gasteiger charge is -2.35. The number of carbonyl (C=O) groups excluding carboxylic acids is 1. The lowest BCUT2D eigenvalue weighted by molar-refractivity contribution is -0.132. The van der Waals surface area contributed by atoms with Gasteiger partial charge < -0.3 is 14.1 Å². The first-order valence-corrected chi connectivity index (χ1v) is 9.06. The number of hydrogen-bond donors (Lipinski definition) is 0. The quantitative estimate of drug-likeness (QED) is 0.831. The minimum absolute atomic E-state index is 0.0413. The number of nitrogens with zero attached hydrogens (tertiary/aromatic N) is 2. The average Bonchev–Trinajstić information content (AvgIpc) is 2.96. The molecule has 122 valence electrons. The molecule has 5 nitrogen and oxygen atoms in total. The number of aryl methyl sites for hydroxylation is 1. The van der Waals surface area contributed by atoms with Gasteiger partial charge in [0.1, 0.15) is 16.9 Å². The Kier molecular flexibility index (Phi) is 5.44. The Morgan fingerprint density at radius 1 is 1.27 bits per heavy atom. The molecule has 0 N–H and O–H groups in total. The first-order valence-electron chi connectivity index (χ1n) is 8.01. The molecule has 1 aromatic rings. The molecule has 1 atom stereocenters. The predicted octanol–water partition coefficient (Wildman–Crippen LogP) is 2.27. The van der Waals surface area contributed by atoms with Crippen LogP contribution >= 0.6 is 11.8 Å². The fourth-order valence-corrected chi connectivity index (χ4v) is 4.19. The molecule has 22 heavy (non-hydrogen) atoms. The molecule has 6 heteroatoms. The van der Waals surface area contributed by atoms with Crippen LogP contribution in [-0.2, 0) is 9.53 Å². The van der Waals surface area contributed by atoms with E-state index in [-0.39, 0.29) is 11.3 Å². The summed E-state index contributed by atoms with van der Waals surface area (Å²) in [4.78, 5) is 16.7. The highest BCUT2D eigenvalue weighted by molar-refractivity contribution is 7.99. The third-order valence-electron chi connectivity index (χ3n) is 4.18. The van der Waals surface area contributed by atoms with Crippen LogP contribution in [0.15, 0.2) is 16.5 Å². The molecule has 2 fully saturated rings. The largest absolute Gasteiger partial charge is 0.463 e. The molecule has 2 aliphatic heterocycles. The summed E-state index contributed by atoms with van der Waals surface area (Å²) in [6, 6.07) is 3.97. The van der Waals surface area contributed by atoms with Crippen molar-refractivity contribution in [2.45, 2.75) is 25.1 Å². The van der Waals surface area contributed by atoms with Crippen molar-refractivity contribution in [1.82, 2.24) is 9.80 Å². The van der Waals surface area contributed by atoms with Gasteiger partial charge in [0.05, 0.1) is 13.2 Å². The van der Waals surface area contributed by atoms with E-state index in [4.69, 9.17) is 9.15 Å². The molecule has 3 rings (SSSR count). The Labute approximate surface area is 136 Å². The number of ether oxygens (including phenoxy) is 1. The van der Waals surface area contributed by atoms with Crippen molar-refractivity contribution in [2.75, 3.05) is 45.1 Å². The van der Waals surface area contributed by atoms with Crippen molar-refractivity contribution < 1.29 is 13.9 Å². The number of morpholine rings is 1. The molecule has 1 aromatic heterocycles. The summed E-state index contributed by atoms with van der Waals surface area (Å²) < 4.78 is 11.1. The minimum Gasteiger partial charge on any atom is -0.463 e. The minimum atomic E-state index is 0.0413. The normalized spacial score (nSPS) is 24.0. The number of hydrogen-bond acceptors (Lipinski definition) is 5. The van der Waals surface area contributed by atoms with E-state index in [2.05, 4.69) is 4.90 Å². The molecule has 3 heterocycles. The molecule has 1 unspecified atom stereocenters. The van der Waals surface area contributed by atoms with Crippen LogP contribution in [0.25, 0.3) is 0 Å². The van der Waals surface area contributed by atoms with Gasteiger partial charge in [-0.2, -0.15) is 0 Å². The second-order valence-electron chi connectivity index (χ2n) is 5.82. The zero-order chi connectivity index (χ0) is 15.4. The van der Waals surface area contributed by atoms with Gasteiger partial charge in [-0.25, -0.2) is 0 Å². The molecule has 0 spiro atoms. The van der Waals surface area contributed by atoms with E-state index in [1.165, 1.54) is 0 Å². The number of amides is 1. The highest BCUT2D eigenvalue weighted by Gasteiger charge is 2.31. The summed E-state index contributed by atoms with van der Waals surface area (Å²) in [6.45, 7) is 7.43. The van der Waals surface area contributed by atoms with Crippen molar-refractivity contribution in [2.24, 2.45) is 0 Å². The highest BCUT2D eigenvalue weighted by Crippen LogP contribution is 2.38. The van der Waals surface area contributed by atoms with E-state index < -0.39 is 0 Å². The Morgan fingerprint density at radius 2 is 2.09 bits per heavy atom. The second-order valence-corrected chi connectivity index (χ2v) is 7.00. The maximum atomic E-state index is 12.3. The number of rotatable bonds is 5. The lowest BCUT2D eigenvalue weighted by atomic mass is 10.2. The van der Waals surface area contributed by atoms with Gasteiger partial charge in [-0.15, -0.1) is 11.8 Å². The van der Waals surface area contributed by atoms with Crippen molar-refractivity contribution in [3.8, 4) is 0 Å². The van der Waals surface area contributed by atoms with Crippen LogP contribution in [0.4, 0.5) is 0 Å². The van der Waals surface area contributed by atoms with Crippen molar-refractivity contribution in [1.29, 1.82) is 0 Å². The second kappa shape index (κ2) is 7.53. The van der Waals surface area contributed by atoms with E-state index >= 15 is 0 Å². The first-order chi connectivity index (χ1) is 10.7. The Morgan fingerprint density at radius 3 is 2.82 bits per heavy atom. The van der Waals surface area contributed by atoms with Gasteiger partial charge >= 0.3 is 0 Å². The van der Waals surface area contributed by atoms with Gasteiger partial charge in [-0.05, 0) is 25.5 Å². The zero-order valence-corrected chi connectivity index (χ0v) is 13.9. The molecule has 0 saturated carbocycles. The standard InChI is InChI=1S/C16H24N2O3S/c1-13-3-4-14(21-13)16-18(15(19)5-12-22-16)7-2-6-17-8-10-20-11-9-17/h3-4,16H,2,5-12H2,1H3. The van der Waals surface area contributed by atoms with Gasteiger partial charge in [0.2, 0.25) is 5.91 Å². The molecular weight excluding hydrogens is 300 g/mol. The third kappa shape index (κ3) is 3.86. The number of thioether (sulfide) groups is 1. The van der Waals surface area contributed by atoms with Crippen LogP contribution in [0.3, 0.4) is 0 Å². The maximum Gasteiger partial charge on any atom is 0.224 e. The van der Waals surface area contributed by atoms with Crippen molar-refractivity contribution >= 4 is 17.7 Å². The van der Waals surface area contributed by atoms with Crippen LogP contribution in [0.5, 0.6) is 0 Å². The molecule has 0 radical (unpaired) electrons. The smallest absolute Gasteiger partial charge is 0.224 e. The van der Waals surface area contributed by atoms with Crippen LogP contribution in [0, 0.1) is 6.92 Å². The zero-order valence-electron chi connectivity index (χ0n) is 13.1. The van der Waals surface area contributed by atoms with Crippen LogP contribution in [-0.4, -0.2) is 60.9 Å². The summed E-state index contributed by atoms with van der Waals surface area (Å²) in [5, 5.41) is 0.0413. The average molecular weight is 324 g/mol. The first kappa shape index (κ1) is 15.9. The monoisotopic (exact) mass is 324 g/mol. The molecule has 1 amide bonds. The molecule has 0 aromatic carbocycles. The number of carbonyl (C=O) groups is 1. The Hall–Kier alpha value is -0.980. The van der Waals surface area contributed by atoms with E-state index in [0.717, 1.165) is 63.1 Å². The molecule has 2 aliphatic rings. The van der Waals surface area contributed by atoms with Gasteiger partial charge in [0.15, 0.2) is 0 Å². The maximum absolute atomic E-state index is 12.3. The summed E-state index contributed by atoms with van der Waals surface area (Å²) in [6.07, 6.45) is 1.64. The molecular formula is C16H24N2O3S. The van der Waals surface area contributed by atoms with E-state index in [0.29, 0.717) is 6.42 Å². The van der Waals surface area contributed by atoms with Crippen molar-refractivity contribution in [3.63, 3.8) is 0 Å². The highest BCUT2D eigenvalue weighted by atomic mass is 32.2. The SMILES string of the molecule is Cc1ccc(C2SCCC(=O)N2CCCN2CCOCC2)o1. The van der Waals surface area contributed by atoms with Gasteiger partial charge in [0, 0.05) is 38.4 Å².